The minimum atomic E-state index is -0.806. The van der Waals surface area contributed by atoms with Crippen LogP contribution in [0.25, 0.3) is 0 Å². The number of carboxylic acid groups (broad SMARTS) is 1. The average molecular weight is 277 g/mol. The van der Waals surface area contributed by atoms with Gasteiger partial charge in [-0.15, -0.1) is 11.8 Å². The molecule has 0 aliphatic rings. The van der Waals surface area contributed by atoms with E-state index >= 15 is 0 Å². The van der Waals surface area contributed by atoms with E-state index in [1.807, 2.05) is 38.1 Å². The van der Waals surface area contributed by atoms with Gasteiger partial charge in [0, 0.05) is 4.90 Å². The molecule has 0 aromatic heterocycles. The van der Waals surface area contributed by atoms with Crippen LogP contribution in [0.4, 0.5) is 0 Å². The zero-order valence-corrected chi connectivity index (χ0v) is 12.2. The topological polar surface area (TPSA) is 61.1 Å². The Bertz CT molecular complexity index is 460. The summed E-state index contributed by atoms with van der Waals surface area (Å²) in [6, 6.07) is 9.93. The van der Waals surface area contributed by atoms with E-state index in [4.69, 9.17) is 10.4 Å². The summed E-state index contributed by atoms with van der Waals surface area (Å²) in [7, 11) is 0. The highest BCUT2D eigenvalue weighted by Crippen LogP contribution is 2.25. The predicted molar refractivity (Wildman–Crippen MR) is 77.1 cm³/mol. The number of thioether (sulfide) groups is 1. The van der Waals surface area contributed by atoms with Gasteiger partial charge in [-0.3, -0.25) is 4.79 Å². The molecule has 4 heteroatoms. The Hall–Kier alpha value is -1.47. The average Bonchev–Trinajstić information content (AvgIpc) is 2.36. The van der Waals surface area contributed by atoms with Gasteiger partial charge in [0.05, 0.1) is 17.9 Å². The zero-order chi connectivity index (χ0) is 14.3. The third-order valence-corrected chi connectivity index (χ3v) is 3.89. The lowest BCUT2D eigenvalue weighted by Gasteiger charge is -2.14. The van der Waals surface area contributed by atoms with Gasteiger partial charge in [-0.05, 0) is 50.1 Å². The highest BCUT2D eigenvalue weighted by Gasteiger charge is 2.15. The summed E-state index contributed by atoms with van der Waals surface area (Å²) in [6.07, 6.45) is 1.97. The molecule has 102 valence electrons. The lowest BCUT2D eigenvalue weighted by atomic mass is 9.90. The van der Waals surface area contributed by atoms with E-state index in [1.165, 1.54) is 0 Å². The fourth-order valence-electron chi connectivity index (χ4n) is 1.64. The van der Waals surface area contributed by atoms with Gasteiger partial charge in [0.1, 0.15) is 0 Å². The Balaban J connectivity index is 2.35. The van der Waals surface area contributed by atoms with Crippen LogP contribution < -0.4 is 0 Å². The first kappa shape index (κ1) is 15.6. The lowest BCUT2D eigenvalue weighted by molar-refractivity contribution is -0.136. The van der Waals surface area contributed by atoms with Gasteiger partial charge in [0.2, 0.25) is 0 Å². The highest BCUT2D eigenvalue weighted by atomic mass is 32.2. The van der Waals surface area contributed by atoms with E-state index < -0.39 is 5.97 Å². The molecule has 1 aromatic rings. The Morgan fingerprint density at radius 1 is 1.37 bits per heavy atom. The Kier molecular flexibility index (Phi) is 5.91. The summed E-state index contributed by atoms with van der Waals surface area (Å²) in [5.41, 5.74) is 0.578. The summed E-state index contributed by atoms with van der Waals surface area (Å²) >= 11 is 1.74. The molecular formula is C15H19NO2S. The number of rotatable bonds is 7. The Morgan fingerprint density at radius 3 is 2.53 bits per heavy atom. The van der Waals surface area contributed by atoms with Crippen molar-refractivity contribution in [1.29, 1.82) is 5.26 Å². The van der Waals surface area contributed by atoms with Crippen molar-refractivity contribution >= 4 is 17.7 Å². The SMILES string of the molecule is CC(C)(C#N)CCCSc1ccc(CC(=O)O)cc1. The largest absolute Gasteiger partial charge is 0.481 e. The molecule has 0 aliphatic heterocycles. The summed E-state index contributed by atoms with van der Waals surface area (Å²) in [4.78, 5) is 11.7. The van der Waals surface area contributed by atoms with E-state index in [1.54, 1.807) is 11.8 Å². The summed E-state index contributed by atoms with van der Waals surface area (Å²) in [5.74, 6) is 0.169. The first-order valence-electron chi connectivity index (χ1n) is 6.28. The van der Waals surface area contributed by atoms with Gasteiger partial charge in [-0.25, -0.2) is 0 Å². The number of carboxylic acids is 1. The van der Waals surface area contributed by atoms with Crippen LogP contribution >= 0.6 is 11.8 Å². The normalized spacial score (nSPS) is 11.0. The van der Waals surface area contributed by atoms with Gasteiger partial charge in [0.25, 0.3) is 0 Å². The second-order valence-corrected chi connectivity index (χ2v) is 6.33. The van der Waals surface area contributed by atoms with Crippen LogP contribution in [0.1, 0.15) is 32.3 Å². The number of carbonyl (C=O) groups is 1. The first-order valence-corrected chi connectivity index (χ1v) is 7.26. The van der Waals surface area contributed by atoms with Crippen LogP contribution in [0, 0.1) is 16.7 Å². The molecule has 1 rings (SSSR count). The third kappa shape index (κ3) is 6.30. The monoisotopic (exact) mass is 277 g/mol. The maximum Gasteiger partial charge on any atom is 0.307 e. The molecule has 3 nitrogen and oxygen atoms in total. The van der Waals surface area contributed by atoms with Crippen LogP contribution in [-0.4, -0.2) is 16.8 Å². The maximum atomic E-state index is 10.6. The molecule has 0 heterocycles. The molecule has 0 saturated carbocycles. The molecule has 19 heavy (non-hydrogen) atoms. The van der Waals surface area contributed by atoms with Gasteiger partial charge in [0.15, 0.2) is 0 Å². The minimum absolute atomic E-state index is 0.0707. The molecule has 0 radical (unpaired) electrons. The van der Waals surface area contributed by atoms with Gasteiger partial charge < -0.3 is 5.11 Å². The summed E-state index contributed by atoms with van der Waals surface area (Å²) < 4.78 is 0. The molecule has 0 atom stereocenters. The quantitative estimate of drug-likeness (QED) is 0.609. The second-order valence-electron chi connectivity index (χ2n) is 5.16. The van der Waals surface area contributed by atoms with Gasteiger partial charge in [-0.2, -0.15) is 5.26 Å². The van der Waals surface area contributed by atoms with Crippen molar-refractivity contribution in [3.05, 3.63) is 29.8 Å². The Morgan fingerprint density at radius 2 is 2.00 bits per heavy atom. The minimum Gasteiger partial charge on any atom is -0.481 e. The van der Waals surface area contributed by atoms with Crippen molar-refractivity contribution in [3.8, 4) is 6.07 Å². The molecule has 0 saturated heterocycles. The maximum absolute atomic E-state index is 10.6. The molecular weight excluding hydrogens is 258 g/mol. The van der Waals surface area contributed by atoms with Crippen LogP contribution in [0.15, 0.2) is 29.2 Å². The van der Waals surface area contributed by atoms with E-state index in [-0.39, 0.29) is 11.8 Å². The number of hydrogen-bond donors (Lipinski definition) is 1. The zero-order valence-electron chi connectivity index (χ0n) is 11.3. The second kappa shape index (κ2) is 7.20. The van der Waals surface area contributed by atoms with Gasteiger partial charge >= 0.3 is 5.97 Å². The number of nitrogens with zero attached hydrogens (tertiary/aromatic N) is 1. The van der Waals surface area contributed by atoms with E-state index in [0.29, 0.717) is 0 Å². The number of benzene rings is 1. The molecule has 1 aromatic carbocycles. The molecule has 0 bridgehead atoms. The predicted octanol–water partition coefficient (Wildman–Crippen LogP) is 3.74. The molecule has 0 amide bonds. The summed E-state index contributed by atoms with van der Waals surface area (Å²) in [5, 5.41) is 17.6. The van der Waals surface area contributed by atoms with Crippen molar-refractivity contribution in [3.63, 3.8) is 0 Å². The summed E-state index contributed by atoms with van der Waals surface area (Å²) in [6.45, 7) is 3.91. The molecule has 0 aliphatic carbocycles. The molecule has 0 unspecified atom stereocenters. The molecule has 1 N–H and O–H groups in total. The van der Waals surface area contributed by atoms with Crippen molar-refractivity contribution in [2.45, 2.75) is 38.0 Å². The van der Waals surface area contributed by atoms with Crippen molar-refractivity contribution in [1.82, 2.24) is 0 Å². The van der Waals surface area contributed by atoms with Crippen LogP contribution in [0.2, 0.25) is 0 Å². The van der Waals surface area contributed by atoms with Crippen LogP contribution in [0.5, 0.6) is 0 Å². The van der Waals surface area contributed by atoms with E-state index in [0.717, 1.165) is 29.1 Å². The fourth-order valence-corrected chi connectivity index (χ4v) is 2.49. The van der Waals surface area contributed by atoms with Crippen molar-refractivity contribution in [2.75, 3.05) is 5.75 Å². The molecule has 0 spiro atoms. The van der Waals surface area contributed by atoms with Gasteiger partial charge in [-0.1, -0.05) is 12.1 Å². The fraction of sp³-hybridized carbons (Fsp3) is 0.467. The smallest absolute Gasteiger partial charge is 0.307 e. The van der Waals surface area contributed by atoms with E-state index in [9.17, 15) is 4.79 Å². The highest BCUT2D eigenvalue weighted by molar-refractivity contribution is 7.99. The van der Waals surface area contributed by atoms with E-state index in [2.05, 4.69) is 6.07 Å². The van der Waals surface area contributed by atoms with Crippen LogP contribution in [-0.2, 0) is 11.2 Å². The van der Waals surface area contributed by atoms with Crippen LogP contribution in [0.3, 0.4) is 0 Å². The third-order valence-electron chi connectivity index (χ3n) is 2.80. The van der Waals surface area contributed by atoms with Crippen molar-refractivity contribution in [2.24, 2.45) is 5.41 Å². The number of nitriles is 1. The number of hydrogen-bond acceptors (Lipinski definition) is 3. The lowest BCUT2D eigenvalue weighted by Crippen LogP contribution is -2.07. The first-order chi connectivity index (χ1) is 8.93. The Labute approximate surface area is 118 Å². The standard InChI is InChI=1S/C15H19NO2S/c1-15(2,11-16)8-3-9-19-13-6-4-12(5-7-13)10-14(17)18/h4-7H,3,8-10H2,1-2H3,(H,17,18). The molecule has 0 fully saturated rings. The number of aliphatic carboxylic acids is 1. The van der Waals surface area contributed by atoms with Crippen molar-refractivity contribution < 1.29 is 9.90 Å².